The quantitative estimate of drug-likeness (QED) is 0.774. The molecule has 0 spiro atoms. The Balaban J connectivity index is 1.76. The maximum Gasteiger partial charge on any atom is 0.260 e. The first-order valence-corrected chi connectivity index (χ1v) is 8.88. The molecule has 4 nitrogen and oxygen atoms in total. The third kappa shape index (κ3) is 6.22. The molecule has 1 fully saturated rings. The van der Waals surface area contributed by atoms with Crippen LogP contribution in [0, 0.1) is 6.92 Å². The lowest BCUT2D eigenvalue weighted by Crippen LogP contribution is -2.41. The summed E-state index contributed by atoms with van der Waals surface area (Å²) >= 11 is 0. The molecule has 4 heteroatoms. The minimum atomic E-state index is 0.0730. The molecular formula is C19H30N2O2. The van der Waals surface area contributed by atoms with Crippen LogP contribution in [0.1, 0.15) is 38.2 Å². The molecule has 1 aromatic carbocycles. The first-order valence-electron chi connectivity index (χ1n) is 8.88. The van der Waals surface area contributed by atoms with Gasteiger partial charge >= 0.3 is 0 Å². The van der Waals surface area contributed by atoms with Gasteiger partial charge in [0.2, 0.25) is 0 Å². The smallest absolute Gasteiger partial charge is 0.260 e. The fourth-order valence-corrected chi connectivity index (χ4v) is 3.02. The molecule has 0 aliphatic carbocycles. The molecule has 0 atom stereocenters. The summed E-state index contributed by atoms with van der Waals surface area (Å²) < 4.78 is 5.64. The van der Waals surface area contributed by atoms with Crippen molar-refractivity contribution in [2.45, 2.75) is 39.5 Å². The second kappa shape index (κ2) is 9.56. The van der Waals surface area contributed by atoms with Gasteiger partial charge in [0.25, 0.3) is 5.91 Å². The Bertz CT molecular complexity index is 482. The number of likely N-dealkylation sites (tertiary alicyclic amines) is 1. The van der Waals surface area contributed by atoms with Crippen molar-refractivity contribution in [1.82, 2.24) is 9.80 Å². The summed E-state index contributed by atoms with van der Waals surface area (Å²) in [6, 6.07) is 7.83. The summed E-state index contributed by atoms with van der Waals surface area (Å²) in [5, 5.41) is 0. The molecular weight excluding hydrogens is 288 g/mol. The van der Waals surface area contributed by atoms with E-state index in [-0.39, 0.29) is 12.5 Å². The molecule has 0 saturated carbocycles. The minimum absolute atomic E-state index is 0.0730. The summed E-state index contributed by atoms with van der Waals surface area (Å²) in [6.45, 7) is 9.04. The van der Waals surface area contributed by atoms with Gasteiger partial charge in [-0.1, -0.05) is 25.0 Å². The molecule has 0 aromatic heterocycles. The number of hydrogen-bond acceptors (Lipinski definition) is 3. The van der Waals surface area contributed by atoms with E-state index in [1.807, 2.05) is 43.0 Å². The number of ether oxygens (including phenoxy) is 1. The lowest BCUT2D eigenvalue weighted by molar-refractivity contribution is -0.133. The Hall–Kier alpha value is -1.55. The van der Waals surface area contributed by atoms with Crippen LogP contribution >= 0.6 is 0 Å². The zero-order valence-corrected chi connectivity index (χ0v) is 14.6. The van der Waals surface area contributed by atoms with Crippen LogP contribution in [0.15, 0.2) is 24.3 Å². The van der Waals surface area contributed by atoms with E-state index < -0.39 is 0 Å². The minimum Gasteiger partial charge on any atom is -0.484 e. The van der Waals surface area contributed by atoms with E-state index >= 15 is 0 Å². The fourth-order valence-electron chi connectivity index (χ4n) is 3.02. The van der Waals surface area contributed by atoms with Crippen LogP contribution < -0.4 is 4.74 Å². The van der Waals surface area contributed by atoms with Crippen molar-refractivity contribution in [3.8, 4) is 5.75 Å². The predicted molar refractivity (Wildman–Crippen MR) is 93.8 cm³/mol. The Morgan fingerprint density at radius 2 is 1.96 bits per heavy atom. The average Bonchev–Trinajstić information content (AvgIpc) is 2.82. The molecule has 0 radical (unpaired) electrons. The lowest BCUT2D eigenvalue weighted by atomic mass is 10.2. The van der Waals surface area contributed by atoms with Gasteiger partial charge in [-0.3, -0.25) is 4.79 Å². The normalized spacial score (nSPS) is 15.9. The van der Waals surface area contributed by atoms with E-state index in [1.165, 1.54) is 38.8 Å². The van der Waals surface area contributed by atoms with Crippen molar-refractivity contribution >= 4 is 5.91 Å². The number of amides is 1. The van der Waals surface area contributed by atoms with Gasteiger partial charge in [-0.05, 0) is 57.5 Å². The molecule has 1 aliphatic heterocycles. The van der Waals surface area contributed by atoms with E-state index in [1.54, 1.807) is 0 Å². The average molecular weight is 318 g/mol. The van der Waals surface area contributed by atoms with Crippen LogP contribution in [-0.2, 0) is 4.79 Å². The summed E-state index contributed by atoms with van der Waals surface area (Å²) in [7, 11) is 0. The van der Waals surface area contributed by atoms with Crippen LogP contribution in [0.25, 0.3) is 0 Å². The largest absolute Gasteiger partial charge is 0.484 e. The molecule has 0 unspecified atom stereocenters. The predicted octanol–water partition coefficient (Wildman–Crippen LogP) is 3.10. The molecule has 23 heavy (non-hydrogen) atoms. The van der Waals surface area contributed by atoms with Crippen LogP contribution in [0.4, 0.5) is 0 Å². The van der Waals surface area contributed by atoms with E-state index in [0.717, 1.165) is 30.9 Å². The Kier molecular flexibility index (Phi) is 7.40. The zero-order valence-electron chi connectivity index (χ0n) is 14.6. The molecule has 1 aliphatic rings. The van der Waals surface area contributed by atoms with Gasteiger partial charge < -0.3 is 14.5 Å². The van der Waals surface area contributed by atoms with E-state index in [9.17, 15) is 4.79 Å². The number of nitrogens with zero attached hydrogens (tertiary/aromatic N) is 2. The maximum absolute atomic E-state index is 12.4. The van der Waals surface area contributed by atoms with Crippen LogP contribution in [-0.4, -0.2) is 55.0 Å². The highest BCUT2D eigenvalue weighted by Crippen LogP contribution is 2.12. The third-order valence-electron chi connectivity index (χ3n) is 4.47. The van der Waals surface area contributed by atoms with Gasteiger partial charge in [0.15, 0.2) is 6.61 Å². The second-order valence-electron chi connectivity index (χ2n) is 6.33. The molecule has 1 aromatic rings. The molecule has 1 heterocycles. The van der Waals surface area contributed by atoms with Crippen LogP contribution in [0.3, 0.4) is 0 Å². The standard InChI is InChI=1S/C19H30N2O2/c1-3-21(14-13-20-11-6-4-5-7-12-20)19(22)16-23-18-10-8-9-17(2)15-18/h8-10,15H,3-7,11-14,16H2,1-2H3. The first kappa shape index (κ1) is 17.8. The van der Waals surface area contributed by atoms with E-state index in [2.05, 4.69) is 4.90 Å². The summed E-state index contributed by atoms with van der Waals surface area (Å²) in [5.74, 6) is 0.839. The number of hydrogen-bond donors (Lipinski definition) is 0. The molecule has 1 amide bonds. The van der Waals surface area contributed by atoms with E-state index in [4.69, 9.17) is 4.74 Å². The summed E-state index contributed by atoms with van der Waals surface area (Å²) in [5.41, 5.74) is 1.14. The highest BCUT2D eigenvalue weighted by molar-refractivity contribution is 5.77. The van der Waals surface area contributed by atoms with Gasteiger partial charge in [-0.15, -0.1) is 0 Å². The number of aryl methyl sites for hydroxylation is 1. The van der Waals surface area contributed by atoms with Gasteiger partial charge in [0.1, 0.15) is 5.75 Å². The van der Waals surface area contributed by atoms with Crippen molar-refractivity contribution in [1.29, 1.82) is 0 Å². The maximum atomic E-state index is 12.4. The fraction of sp³-hybridized carbons (Fsp3) is 0.632. The third-order valence-corrected chi connectivity index (χ3v) is 4.47. The SMILES string of the molecule is CCN(CCN1CCCCCC1)C(=O)COc1cccc(C)c1. The number of likely N-dealkylation sites (N-methyl/N-ethyl adjacent to an activating group) is 1. The lowest BCUT2D eigenvalue weighted by Gasteiger charge is -2.26. The number of carbonyl (C=O) groups excluding carboxylic acids is 1. The molecule has 128 valence electrons. The van der Waals surface area contributed by atoms with Gasteiger partial charge in [-0.25, -0.2) is 0 Å². The number of rotatable bonds is 7. The number of benzene rings is 1. The van der Waals surface area contributed by atoms with Gasteiger partial charge in [-0.2, -0.15) is 0 Å². The molecule has 2 rings (SSSR count). The zero-order chi connectivity index (χ0) is 16.5. The Morgan fingerprint density at radius 1 is 1.22 bits per heavy atom. The van der Waals surface area contributed by atoms with Gasteiger partial charge in [0, 0.05) is 19.6 Å². The molecule has 1 saturated heterocycles. The highest BCUT2D eigenvalue weighted by Gasteiger charge is 2.15. The Labute approximate surface area is 140 Å². The summed E-state index contributed by atoms with van der Waals surface area (Å²) in [6.07, 6.45) is 5.27. The van der Waals surface area contributed by atoms with Gasteiger partial charge in [0.05, 0.1) is 0 Å². The highest BCUT2D eigenvalue weighted by atomic mass is 16.5. The first-order chi connectivity index (χ1) is 11.2. The van der Waals surface area contributed by atoms with Crippen molar-refractivity contribution in [3.05, 3.63) is 29.8 Å². The van der Waals surface area contributed by atoms with Crippen molar-refractivity contribution in [2.75, 3.05) is 39.3 Å². The summed E-state index contributed by atoms with van der Waals surface area (Å²) in [4.78, 5) is 16.7. The number of carbonyl (C=O) groups is 1. The molecule has 0 bridgehead atoms. The van der Waals surface area contributed by atoms with Crippen molar-refractivity contribution < 1.29 is 9.53 Å². The van der Waals surface area contributed by atoms with Crippen molar-refractivity contribution in [3.63, 3.8) is 0 Å². The van der Waals surface area contributed by atoms with Crippen LogP contribution in [0.5, 0.6) is 5.75 Å². The Morgan fingerprint density at radius 3 is 2.61 bits per heavy atom. The van der Waals surface area contributed by atoms with Crippen LogP contribution in [0.2, 0.25) is 0 Å². The topological polar surface area (TPSA) is 32.8 Å². The monoisotopic (exact) mass is 318 g/mol. The second-order valence-corrected chi connectivity index (χ2v) is 6.33. The van der Waals surface area contributed by atoms with E-state index in [0.29, 0.717) is 0 Å². The van der Waals surface area contributed by atoms with Crippen molar-refractivity contribution in [2.24, 2.45) is 0 Å². The molecule has 0 N–H and O–H groups in total.